The van der Waals surface area contributed by atoms with Crippen LogP contribution in [0.1, 0.15) is 18.9 Å². The number of rotatable bonds is 4. The second-order valence-electron chi connectivity index (χ2n) is 5.54. The van der Waals surface area contributed by atoms with E-state index in [4.69, 9.17) is 0 Å². The van der Waals surface area contributed by atoms with Crippen LogP contribution in [0.15, 0.2) is 54.6 Å². The zero-order valence-corrected chi connectivity index (χ0v) is 12.3. The fraction of sp³-hybridized carbons (Fsp3) is 0.263. The van der Waals surface area contributed by atoms with Gasteiger partial charge in [-0.3, -0.25) is 0 Å². The quantitative estimate of drug-likeness (QED) is 0.609. The normalized spacial score (nSPS) is 11.6. The van der Waals surface area contributed by atoms with E-state index in [0.29, 0.717) is 0 Å². The molecule has 0 aliphatic carbocycles. The zero-order valence-electron chi connectivity index (χ0n) is 12.3. The average molecular weight is 263 g/mol. The number of hydrogen-bond donors (Lipinski definition) is 0. The topological polar surface area (TPSA) is 3.24 Å². The molecule has 0 saturated carbocycles. The molecule has 0 aliphatic rings. The van der Waals surface area contributed by atoms with E-state index < -0.39 is 0 Å². The van der Waals surface area contributed by atoms with Crippen LogP contribution < -0.4 is 0 Å². The van der Waals surface area contributed by atoms with Crippen LogP contribution in [0, 0.1) is 0 Å². The molecule has 1 nitrogen and oxygen atoms in total. The summed E-state index contributed by atoms with van der Waals surface area (Å²) in [5.74, 6) is 0. The number of benzene rings is 3. The summed E-state index contributed by atoms with van der Waals surface area (Å²) in [5.41, 5.74) is 1.45. The van der Waals surface area contributed by atoms with Gasteiger partial charge in [0.15, 0.2) is 0 Å². The summed E-state index contributed by atoms with van der Waals surface area (Å²) >= 11 is 0. The van der Waals surface area contributed by atoms with Gasteiger partial charge in [-0.25, -0.2) is 0 Å². The van der Waals surface area contributed by atoms with Crippen molar-refractivity contribution in [3.05, 3.63) is 60.2 Å². The molecule has 0 spiro atoms. The van der Waals surface area contributed by atoms with Crippen molar-refractivity contribution in [3.63, 3.8) is 0 Å². The van der Waals surface area contributed by atoms with E-state index in [1.807, 2.05) is 0 Å². The lowest BCUT2D eigenvalue weighted by molar-refractivity contribution is 0.330. The molecular weight excluding hydrogens is 242 g/mol. The predicted octanol–water partition coefficient (Wildman–Crippen LogP) is 4.83. The van der Waals surface area contributed by atoms with E-state index in [0.717, 1.165) is 13.1 Å². The Morgan fingerprint density at radius 1 is 0.850 bits per heavy atom. The van der Waals surface area contributed by atoms with Crippen molar-refractivity contribution in [2.75, 3.05) is 13.6 Å². The second-order valence-corrected chi connectivity index (χ2v) is 5.54. The summed E-state index contributed by atoms with van der Waals surface area (Å²) in [6.07, 6.45) is 1.19. The Hall–Kier alpha value is -1.86. The van der Waals surface area contributed by atoms with Gasteiger partial charge in [0, 0.05) is 6.54 Å². The first-order valence-corrected chi connectivity index (χ1v) is 7.37. The molecule has 3 rings (SSSR count). The minimum absolute atomic E-state index is 1.01. The second kappa shape index (κ2) is 5.64. The van der Waals surface area contributed by atoms with Gasteiger partial charge >= 0.3 is 0 Å². The first-order valence-electron chi connectivity index (χ1n) is 7.37. The molecule has 0 N–H and O–H groups in total. The lowest BCUT2D eigenvalue weighted by Gasteiger charge is -2.19. The fourth-order valence-corrected chi connectivity index (χ4v) is 3.01. The summed E-state index contributed by atoms with van der Waals surface area (Å²) in [6.45, 7) is 4.38. The molecule has 0 atom stereocenters. The maximum atomic E-state index is 2.41. The summed E-state index contributed by atoms with van der Waals surface area (Å²) in [4.78, 5) is 2.41. The highest BCUT2D eigenvalue weighted by Crippen LogP contribution is 2.29. The van der Waals surface area contributed by atoms with E-state index >= 15 is 0 Å². The monoisotopic (exact) mass is 263 g/mol. The van der Waals surface area contributed by atoms with Crippen LogP contribution in [-0.2, 0) is 6.54 Å². The van der Waals surface area contributed by atoms with E-state index in [-0.39, 0.29) is 0 Å². The molecule has 1 heteroatoms. The van der Waals surface area contributed by atoms with Crippen molar-refractivity contribution >= 4 is 21.5 Å². The first-order chi connectivity index (χ1) is 9.79. The van der Waals surface area contributed by atoms with Crippen molar-refractivity contribution in [1.82, 2.24) is 4.90 Å². The van der Waals surface area contributed by atoms with Gasteiger partial charge in [0.1, 0.15) is 0 Å². The van der Waals surface area contributed by atoms with E-state index in [1.165, 1.54) is 33.5 Å². The Morgan fingerprint density at radius 3 is 1.95 bits per heavy atom. The van der Waals surface area contributed by atoms with Crippen molar-refractivity contribution < 1.29 is 0 Å². The van der Waals surface area contributed by atoms with Crippen molar-refractivity contribution in [2.24, 2.45) is 0 Å². The minimum atomic E-state index is 1.01. The highest BCUT2D eigenvalue weighted by atomic mass is 15.1. The fourth-order valence-electron chi connectivity index (χ4n) is 3.01. The molecule has 0 saturated heterocycles. The van der Waals surface area contributed by atoms with Gasteiger partial charge in [-0.05, 0) is 53.2 Å². The van der Waals surface area contributed by atoms with Crippen LogP contribution in [0.4, 0.5) is 0 Å². The molecule has 0 bridgehead atoms. The number of fused-ring (bicyclic) bond motifs is 2. The van der Waals surface area contributed by atoms with E-state index in [9.17, 15) is 0 Å². The lowest BCUT2D eigenvalue weighted by Crippen LogP contribution is -2.18. The SMILES string of the molecule is CCCN(C)Cc1c2ccccc2cc2ccccc12. The first kappa shape index (κ1) is 13.1. The van der Waals surface area contributed by atoms with Crippen LogP contribution in [-0.4, -0.2) is 18.5 Å². The predicted molar refractivity (Wildman–Crippen MR) is 88.1 cm³/mol. The van der Waals surface area contributed by atoms with Crippen LogP contribution in [0.5, 0.6) is 0 Å². The number of nitrogens with zero attached hydrogens (tertiary/aromatic N) is 1. The minimum Gasteiger partial charge on any atom is -0.302 e. The molecule has 0 fully saturated rings. The van der Waals surface area contributed by atoms with Crippen molar-refractivity contribution in [1.29, 1.82) is 0 Å². The zero-order chi connectivity index (χ0) is 13.9. The molecule has 20 heavy (non-hydrogen) atoms. The summed E-state index contributed by atoms with van der Waals surface area (Å²) in [5, 5.41) is 5.44. The van der Waals surface area contributed by atoms with Crippen LogP contribution in [0.2, 0.25) is 0 Å². The van der Waals surface area contributed by atoms with Gasteiger partial charge < -0.3 is 4.90 Å². The molecule has 0 radical (unpaired) electrons. The molecule has 3 aromatic rings. The molecule has 3 aromatic carbocycles. The van der Waals surface area contributed by atoms with Crippen LogP contribution in [0.3, 0.4) is 0 Å². The largest absolute Gasteiger partial charge is 0.302 e. The third kappa shape index (κ3) is 2.41. The maximum absolute atomic E-state index is 2.41. The van der Waals surface area contributed by atoms with Crippen molar-refractivity contribution in [2.45, 2.75) is 19.9 Å². The van der Waals surface area contributed by atoms with Gasteiger partial charge in [-0.1, -0.05) is 55.5 Å². The Bertz CT molecular complexity index is 676. The van der Waals surface area contributed by atoms with Crippen LogP contribution in [0.25, 0.3) is 21.5 Å². The molecule has 0 unspecified atom stereocenters. The summed E-state index contributed by atoms with van der Waals surface area (Å²) < 4.78 is 0. The summed E-state index contributed by atoms with van der Waals surface area (Å²) in [7, 11) is 2.21. The van der Waals surface area contributed by atoms with Crippen LogP contribution >= 0.6 is 0 Å². The Kier molecular flexibility index (Phi) is 3.70. The summed E-state index contributed by atoms with van der Waals surface area (Å²) in [6, 6.07) is 19.7. The highest BCUT2D eigenvalue weighted by molar-refractivity contribution is 6.02. The Morgan fingerprint density at radius 2 is 1.40 bits per heavy atom. The molecule has 0 heterocycles. The average Bonchev–Trinajstić information content (AvgIpc) is 2.47. The Balaban J connectivity index is 2.22. The number of hydrogen-bond acceptors (Lipinski definition) is 1. The Labute approximate surface area is 120 Å². The maximum Gasteiger partial charge on any atom is 0.0243 e. The van der Waals surface area contributed by atoms with E-state index in [2.05, 4.69) is 73.5 Å². The van der Waals surface area contributed by atoms with Gasteiger partial charge in [-0.15, -0.1) is 0 Å². The molecule has 0 aromatic heterocycles. The highest BCUT2D eigenvalue weighted by Gasteiger charge is 2.09. The standard InChI is InChI=1S/C19H21N/c1-3-12-20(2)14-19-17-10-6-4-8-15(17)13-16-9-5-7-11-18(16)19/h4-11,13H,3,12,14H2,1-2H3. The van der Waals surface area contributed by atoms with Gasteiger partial charge in [0.05, 0.1) is 0 Å². The van der Waals surface area contributed by atoms with Crippen molar-refractivity contribution in [3.8, 4) is 0 Å². The molecule has 0 aliphatic heterocycles. The third-order valence-corrected chi connectivity index (χ3v) is 3.92. The smallest absolute Gasteiger partial charge is 0.0243 e. The molecule has 102 valence electrons. The third-order valence-electron chi connectivity index (χ3n) is 3.92. The van der Waals surface area contributed by atoms with Gasteiger partial charge in [0.25, 0.3) is 0 Å². The molecular formula is C19H21N. The molecule has 0 amide bonds. The lowest BCUT2D eigenvalue weighted by atomic mass is 9.96. The van der Waals surface area contributed by atoms with E-state index in [1.54, 1.807) is 0 Å². The van der Waals surface area contributed by atoms with Gasteiger partial charge in [-0.2, -0.15) is 0 Å². The van der Waals surface area contributed by atoms with Gasteiger partial charge in [0.2, 0.25) is 0 Å².